The van der Waals surface area contributed by atoms with Gasteiger partial charge in [0.25, 0.3) is 0 Å². The molecule has 3 nitrogen and oxygen atoms in total. The van der Waals surface area contributed by atoms with E-state index >= 15 is 0 Å². The molecule has 1 N–H and O–H groups in total. The Kier molecular flexibility index (Phi) is 5.62. The molecule has 0 bridgehead atoms. The third-order valence-electron chi connectivity index (χ3n) is 3.71. The largest absolute Gasteiger partial charge is 0.385 e. The lowest BCUT2D eigenvalue weighted by Gasteiger charge is -2.34. The SMILES string of the molecule is CC(=O)C=CC=C(C)C=CC1=C(C)C(=O)C(O)CC1(C)C. The molecule has 0 saturated heterocycles. The quantitative estimate of drug-likeness (QED) is 0.638. The molecule has 1 unspecified atom stereocenters. The lowest BCUT2D eigenvalue weighted by molar-refractivity contribution is -0.125. The number of Topliss-reactive ketones (excluding diaryl/α,β-unsaturated/α-hetero) is 1. The normalized spacial score (nSPS) is 23.4. The van der Waals surface area contributed by atoms with Crippen LogP contribution in [0.25, 0.3) is 0 Å². The topological polar surface area (TPSA) is 54.4 Å². The predicted molar refractivity (Wildman–Crippen MR) is 84.8 cm³/mol. The third-order valence-corrected chi connectivity index (χ3v) is 3.71. The molecular weight excluding hydrogens is 264 g/mol. The summed E-state index contributed by atoms with van der Waals surface area (Å²) in [5, 5.41) is 9.79. The van der Waals surface area contributed by atoms with Gasteiger partial charge in [0.15, 0.2) is 11.6 Å². The van der Waals surface area contributed by atoms with Crippen molar-refractivity contribution in [2.45, 2.75) is 47.1 Å². The third kappa shape index (κ3) is 4.64. The van der Waals surface area contributed by atoms with Crippen LogP contribution in [0, 0.1) is 5.41 Å². The maximum Gasteiger partial charge on any atom is 0.187 e. The highest BCUT2D eigenvalue weighted by molar-refractivity contribution is 6.00. The molecule has 1 atom stereocenters. The Balaban J connectivity index is 3.01. The number of allylic oxidation sites excluding steroid dienone is 7. The van der Waals surface area contributed by atoms with Crippen LogP contribution >= 0.6 is 0 Å². The van der Waals surface area contributed by atoms with E-state index in [4.69, 9.17) is 0 Å². The van der Waals surface area contributed by atoms with Crippen molar-refractivity contribution >= 4 is 11.6 Å². The van der Waals surface area contributed by atoms with Gasteiger partial charge >= 0.3 is 0 Å². The van der Waals surface area contributed by atoms with Crippen LogP contribution in [-0.2, 0) is 9.59 Å². The van der Waals surface area contributed by atoms with E-state index in [0.717, 1.165) is 11.1 Å². The van der Waals surface area contributed by atoms with Gasteiger partial charge in [-0.25, -0.2) is 0 Å². The van der Waals surface area contributed by atoms with Crippen LogP contribution < -0.4 is 0 Å². The van der Waals surface area contributed by atoms with Crippen LogP contribution in [0.15, 0.2) is 47.1 Å². The van der Waals surface area contributed by atoms with Gasteiger partial charge in [-0.2, -0.15) is 0 Å². The molecule has 0 aromatic rings. The van der Waals surface area contributed by atoms with Crippen molar-refractivity contribution < 1.29 is 14.7 Å². The zero-order chi connectivity index (χ0) is 16.2. The molecule has 114 valence electrons. The summed E-state index contributed by atoms with van der Waals surface area (Å²) in [7, 11) is 0. The molecule has 0 amide bonds. The fraction of sp³-hybridized carbons (Fsp3) is 0.444. The molecule has 0 heterocycles. The highest BCUT2D eigenvalue weighted by atomic mass is 16.3. The van der Waals surface area contributed by atoms with Gasteiger partial charge in [0.05, 0.1) is 0 Å². The molecule has 1 aliphatic rings. The average molecular weight is 288 g/mol. The molecule has 1 rings (SSSR count). The summed E-state index contributed by atoms with van der Waals surface area (Å²) in [6, 6.07) is 0. The number of ketones is 2. The molecule has 0 fully saturated rings. The smallest absolute Gasteiger partial charge is 0.187 e. The number of carbonyl (C=O) groups is 2. The fourth-order valence-electron chi connectivity index (χ4n) is 2.53. The number of hydrogen-bond donors (Lipinski definition) is 1. The predicted octanol–water partition coefficient (Wildman–Crippen LogP) is 3.31. The summed E-state index contributed by atoms with van der Waals surface area (Å²) in [5.41, 5.74) is 2.34. The molecule has 0 aromatic carbocycles. The van der Waals surface area contributed by atoms with Crippen molar-refractivity contribution in [3.8, 4) is 0 Å². The van der Waals surface area contributed by atoms with E-state index < -0.39 is 6.10 Å². The summed E-state index contributed by atoms with van der Waals surface area (Å²) in [6.07, 6.45) is 8.47. The second-order valence-corrected chi connectivity index (χ2v) is 6.22. The van der Waals surface area contributed by atoms with Gasteiger partial charge in [-0.05, 0) is 49.8 Å². The van der Waals surface area contributed by atoms with Crippen LogP contribution in [0.1, 0.15) is 41.0 Å². The van der Waals surface area contributed by atoms with Crippen molar-refractivity contribution in [3.05, 3.63) is 47.1 Å². The Morgan fingerprint density at radius 1 is 1.29 bits per heavy atom. The molecule has 0 radical (unpaired) electrons. The summed E-state index contributed by atoms with van der Waals surface area (Å²) in [5.74, 6) is -0.179. The maximum atomic E-state index is 11.9. The van der Waals surface area contributed by atoms with E-state index in [1.54, 1.807) is 13.0 Å². The van der Waals surface area contributed by atoms with Crippen molar-refractivity contribution in [3.63, 3.8) is 0 Å². The minimum Gasteiger partial charge on any atom is -0.385 e. The number of hydrogen-bond acceptors (Lipinski definition) is 3. The number of aliphatic hydroxyl groups excluding tert-OH is 1. The van der Waals surface area contributed by atoms with Crippen molar-refractivity contribution in [1.29, 1.82) is 0 Å². The molecule has 0 saturated carbocycles. The highest BCUT2D eigenvalue weighted by Gasteiger charge is 2.36. The van der Waals surface area contributed by atoms with Crippen LogP contribution in [0.3, 0.4) is 0 Å². The Labute approximate surface area is 126 Å². The van der Waals surface area contributed by atoms with Gasteiger partial charge in [-0.3, -0.25) is 9.59 Å². The van der Waals surface area contributed by atoms with E-state index in [0.29, 0.717) is 12.0 Å². The first-order chi connectivity index (χ1) is 9.65. The summed E-state index contributed by atoms with van der Waals surface area (Å²) >= 11 is 0. The van der Waals surface area contributed by atoms with Crippen molar-refractivity contribution in [2.24, 2.45) is 5.41 Å². The first-order valence-corrected chi connectivity index (χ1v) is 7.12. The Hall–Kier alpha value is -1.74. The van der Waals surface area contributed by atoms with E-state index in [-0.39, 0.29) is 17.0 Å². The van der Waals surface area contributed by atoms with Crippen LogP contribution in [-0.4, -0.2) is 22.8 Å². The van der Waals surface area contributed by atoms with Crippen molar-refractivity contribution in [2.75, 3.05) is 0 Å². The van der Waals surface area contributed by atoms with Gasteiger partial charge in [0, 0.05) is 0 Å². The molecule has 0 spiro atoms. The first-order valence-electron chi connectivity index (χ1n) is 7.12. The summed E-state index contributed by atoms with van der Waals surface area (Å²) < 4.78 is 0. The zero-order valence-electron chi connectivity index (χ0n) is 13.4. The van der Waals surface area contributed by atoms with Crippen LogP contribution in [0.5, 0.6) is 0 Å². The second-order valence-electron chi connectivity index (χ2n) is 6.22. The zero-order valence-corrected chi connectivity index (χ0v) is 13.4. The minimum absolute atomic E-state index is 0.00887. The molecule has 1 aliphatic carbocycles. The van der Waals surface area contributed by atoms with Gasteiger partial charge in [0.2, 0.25) is 0 Å². The standard InChI is InChI=1S/C18H24O3/c1-12(7-6-8-13(2)19)9-10-15-14(3)17(21)16(20)11-18(15,4)5/h6-10,16,20H,11H2,1-5H3. The number of aliphatic hydroxyl groups is 1. The van der Waals surface area contributed by atoms with E-state index in [1.807, 2.05) is 39.0 Å². The lowest BCUT2D eigenvalue weighted by Crippen LogP contribution is -2.35. The van der Waals surface area contributed by atoms with Gasteiger partial charge in [-0.1, -0.05) is 43.7 Å². The van der Waals surface area contributed by atoms with Gasteiger partial charge in [0.1, 0.15) is 6.10 Å². The minimum atomic E-state index is -0.896. The first kappa shape index (κ1) is 17.3. The molecular formula is C18H24O3. The van der Waals surface area contributed by atoms with E-state index in [9.17, 15) is 14.7 Å². The van der Waals surface area contributed by atoms with Crippen LogP contribution in [0.4, 0.5) is 0 Å². The van der Waals surface area contributed by atoms with E-state index in [2.05, 4.69) is 0 Å². The van der Waals surface area contributed by atoms with Crippen LogP contribution in [0.2, 0.25) is 0 Å². The maximum absolute atomic E-state index is 11.9. The van der Waals surface area contributed by atoms with E-state index in [1.165, 1.54) is 13.0 Å². The average Bonchev–Trinajstić information content (AvgIpc) is 2.34. The molecule has 0 aliphatic heterocycles. The molecule has 0 aromatic heterocycles. The Morgan fingerprint density at radius 2 is 1.90 bits per heavy atom. The second kappa shape index (κ2) is 6.81. The van der Waals surface area contributed by atoms with Crippen molar-refractivity contribution in [1.82, 2.24) is 0 Å². The molecule has 21 heavy (non-hydrogen) atoms. The lowest BCUT2D eigenvalue weighted by atomic mass is 9.71. The summed E-state index contributed by atoms with van der Waals surface area (Å²) in [4.78, 5) is 22.7. The fourth-order valence-corrected chi connectivity index (χ4v) is 2.53. The number of carbonyl (C=O) groups excluding carboxylic acids is 2. The monoisotopic (exact) mass is 288 g/mol. The highest BCUT2D eigenvalue weighted by Crippen LogP contribution is 2.39. The Bertz CT molecular complexity index is 557. The van der Waals surface area contributed by atoms with Gasteiger partial charge in [-0.15, -0.1) is 0 Å². The summed E-state index contributed by atoms with van der Waals surface area (Å²) in [6.45, 7) is 9.26. The molecule has 3 heteroatoms. The Morgan fingerprint density at radius 3 is 2.48 bits per heavy atom. The van der Waals surface area contributed by atoms with Gasteiger partial charge < -0.3 is 5.11 Å². The number of rotatable bonds is 4.